The van der Waals surface area contributed by atoms with E-state index in [4.69, 9.17) is 0 Å². The second-order valence-electron chi connectivity index (χ2n) is 8.51. The van der Waals surface area contributed by atoms with Gasteiger partial charge in [0.15, 0.2) is 11.5 Å². The van der Waals surface area contributed by atoms with E-state index in [1.54, 1.807) is 0 Å². The quantitative estimate of drug-likeness (QED) is 0.312. The number of aromatic nitrogens is 3. The van der Waals surface area contributed by atoms with Gasteiger partial charge in [-0.1, -0.05) is 18.2 Å². The SMILES string of the molecule is O=C(O)c1ccc2c(c1)C[C@H](O)[C@@H]2NC(=O)c1cc(C(=O)NCc2ccc(F)cc2)nc2c(F)cnn12. The van der Waals surface area contributed by atoms with E-state index < -0.39 is 41.6 Å². The van der Waals surface area contributed by atoms with E-state index in [0.29, 0.717) is 16.7 Å². The van der Waals surface area contributed by atoms with E-state index in [2.05, 4.69) is 20.7 Å². The highest BCUT2D eigenvalue weighted by Crippen LogP contribution is 2.32. The normalized spacial score (nSPS) is 16.4. The zero-order valence-electron chi connectivity index (χ0n) is 19.0. The van der Waals surface area contributed by atoms with Crippen molar-refractivity contribution < 1.29 is 33.4 Å². The van der Waals surface area contributed by atoms with Crippen LogP contribution in [0.3, 0.4) is 0 Å². The van der Waals surface area contributed by atoms with Crippen molar-refractivity contribution >= 4 is 23.4 Å². The van der Waals surface area contributed by atoms with Crippen molar-refractivity contribution in [3.8, 4) is 0 Å². The summed E-state index contributed by atoms with van der Waals surface area (Å²) in [6, 6.07) is 10.1. The monoisotopic (exact) mass is 507 g/mol. The van der Waals surface area contributed by atoms with E-state index in [9.17, 15) is 33.4 Å². The molecule has 37 heavy (non-hydrogen) atoms. The molecule has 0 saturated heterocycles. The van der Waals surface area contributed by atoms with Gasteiger partial charge in [-0.25, -0.2) is 23.1 Å². The Balaban J connectivity index is 1.42. The van der Waals surface area contributed by atoms with Crippen molar-refractivity contribution in [2.75, 3.05) is 0 Å². The van der Waals surface area contributed by atoms with Gasteiger partial charge in [0.1, 0.15) is 17.2 Å². The second-order valence-corrected chi connectivity index (χ2v) is 8.51. The Morgan fingerprint density at radius 1 is 1.05 bits per heavy atom. The summed E-state index contributed by atoms with van der Waals surface area (Å²) in [7, 11) is 0. The van der Waals surface area contributed by atoms with E-state index in [1.165, 1.54) is 42.5 Å². The molecule has 0 fully saturated rings. The lowest BCUT2D eigenvalue weighted by atomic mass is 10.0. The van der Waals surface area contributed by atoms with Crippen LogP contribution in [-0.2, 0) is 13.0 Å². The first kappa shape index (κ1) is 24.0. The number of fused-ring (bicyclic) bond motifs is 2. The maximum Gasteiger partial charge on any atom is 0.335 e. The van der Waals surface area contributed by atoms with Crippen LogP contribution in [0.1, 0.15) is 54.1 Å². The number of aliphatic hydroxyl groups excluding tert-OH is 1. The molecule has 0 saturated carbocycles. The molecule has 0 unspecified atom stereocenters. The number of carbonyl (C=O) groups excluding carboxylic acids is 2. The fourth-order valence-electron chi connectivity index (χ4n) is 4.25. The summed E-state index contributed by atoms with van der Waals surface area (Å²) in [5, 5.41) is 28.8. The van der Waals surface area contributed by atoms with Gasteiger partial charge in [-0.2, -0.15) is 5.10 Å². The summed E-state index contributed by atoms with van der Waals surface area (Å²) in [6.07, 6.45) is -0.0549. The van der Waals surface area contributed by atoms with Crippen LogP contribution in [0.4, 0.5) is 8.78 Å². The number of carboxylic acid groups (broad SMARTS) is 1. The van der Waals surface area contributed by atoms with Crippen LogP contribution in [-0.4, -0.2) is 48.7 Å². The minimum atomic E-state index is -1.12. The number of hydrogen-bond acceptors (Lipinski definition) is 6. The first-order chi connectivity index (χ1) is 17.7. The van der Waals surface area contributed by atoms with Crippen LogP contribution < -0.4 is 10.6 Å². The molecule has 0 aliphatic heterocycles. The lowest BCUT2D eigenvalue weighted by molar-refractivity contribution is 0.0696. The number of aliphatic hydroxyl groups is 1. The fourth-order valence-corrected chi connectivity index (χ4v) is 4.25. The fraction of sp³-hybridized carbons (Fsp3) is 0.160. The van der Waals surface area contributed by atoms with Crippen LogP contribution in [0.25, 0.3) is 5.65 Å². The highest BCUT2D eigenvalue weighted by atomic mass is 19.1. The molecular weight excluding hydrogens is 488 g/mol. The maximum absolute atomic E-state index is 14.4. The van der Waals surface area contributed by atoms with Gasteiger partial charge in [-0.3, -0.25) is 9.59 Å². The third kappa shape index (κ3) is 4.61. The van der Waals surface area contributed by atoms with Crippen LogP contribution in [0, 0.1) is 11.6 Å². The largest absolute Gasteiger partial charge is 0.478 e. The number of halogens is 2. The zero-order chi connectivity index (χ0) is 26.3. The number of benzene rings is 2. The van der Waals surface area contributed by atoms with Gasteiger partial charge in [-0.05, 0) is 41.0 Å². The topological polar surface area (TPSA) is 146 Å². The summed E-state index contributed by atoms with van der Waals surface area (Å²) >= 11 is 0. The van der Waals surface area contributed by atoms with Gasteiger partial charge in [0.05, 0.1) is 23.9 Å². The third-order valence-electron chi connectivity index (χ3n) is 6.09. The first-order valence-electron chi connectivity index (χ1n) is 11.1. The second kappa shape index (κ2) is 9.39. The Morgan fingerprint density at radius 3 is 2.54 bits per heavy atom. The van der Waals surface area contributed by atoms with Gasteiger partial charge in [-0.15, -0.1) is 0 Å². The molecule has 10 nitrogen and oxygen atoms in total. The van der Waals surface area contributed by atoms with Crippen molar-refractivity contribution in [1.29, 1.82) is 0 Å². The molecule has 1 aliphatic carbocycles. The van der Waals surface area contributed by atoms with E-state index in [1.807, 2.05) is 0 Å². The average Bonchev–Trinajstić information content (AvgIpc) is 3.41. The predicted molar refractivity (Wildman–Crippen MR) is 124 cm³/mol. The number of nitrogens with one attached hydrogen (secondary N) is 2. The molecule has 2 heterocycles. The Kier molecular flexibility index (Phi) is 6.09. The minimum absolute atomic E-state index is 0.0403. The molecular formula is C25H19F2N5O5. The van der Waals surface area contributed by atoms with Gasteiger partial charge in [0, 0.05) is 19.0 Å². The van der Waals surface area contributed by atoms with Gasteiger partial charge >= 0.3 is 5.97 Å². The number of carboxylic acids is 1. The lowest BCUT2D eigenvalue weighted by Crippen LogP contribution is -2.35. The molecule has 4 aromatic rings. The minimum Gasteiger partial charge on any atom is -0.478 e. The number of amides is 2. The molecule has 2 aromatic heterocycles. The highest BCUT2D eigenvalue weighted by molar-refractivity contribution is 5.98. The Morgan fingerprint density at radius 2 is 1.81 bits per heavy atom. The first-order valence-corrected chi connectivity index (χ1v) is 11.1. The van der Waals surface area contributed by atoms with E-state index in [-0.39, 0.29) is 35.6 Å². The Bertz CT molecular complexity index is 1550. The number of aromatic carboxylic acids is 1. The van der Waals surface area contributed by atoms with Crippen LogP contribution in [0.5, 0.6) is 0 Å². The van der Waals surface area contributed by atoms with Crippen molar-refractivity contribution in [2.45, 2.75) is 25.1 Å². The number of hydrogen-bond donors (Lipinski definition) is 4. The maximum atomic E-state index is 14.4. The number of rotatable bonds is 6. The Labute approximate surface area is 207 Å². The summed E-state index contributed by atoms with van der Waals surface area (Å²) < 4.78 is 28.4. The van der Waals surface area contributed by atoms with Crippen molar-refractivity contribution in [3.05, 3.63) is 100 Å². The molecule has 0 radical (unpaired) electrons. The molecule has 0 spiro atoms. The molecule has 5 rings (SSSR count). The van der Waals surface area contributed by atoms with Crippen LogP contribution >= 0.6 is 0 Å². The van der Waals surface area contributed by atoms with Gasteiger partial charge in [0.25, 0.3) is 11.8 Å². The molecule has 2 atom stereocenters. The summed E-state index contributed by atoms with van der Waals surface area (Å²) in [6.45, 7) is 0.0403. The van der Waals surface area contributed by atoms with Crippen molar-refractivity contribution in [3.63, 3.8) is 0 Å². The lowest BCUT2D eigenvalue weighted by Gasteiger charge is -2.18. The molecule has 0 bridgehead atoms. The summed E-state index contributed by atoms with van der Waals surface area (Å²) in [5.74, 6) is -3.85. The number of carbonyl (C=O) groups is 3. The van der Waals surface area contributed by atoms with Crippen LogP contribution in [0.15, 0.2) is 54.7 Å². The third-order valence-corrected chi connectivity index (χ3v) is 6.09. The van der Waals surface area contributed by atoms with Crippen molar-refractivity contribution in [1.82, 2.24) is 25.2 Å². The predicted octanol–water partition coefficient (Wildman–Crippen LogP) is 2.02. The van der Waals surface area contributed by atoms with E-state index >= 15 is 0 Å². The van der Waals surface area contributed by atoms with E-state index in [0.717, 1.165) is 16.8 Å². The molecule has 1 aliphatic rings. The highest BCUT2D eigenvalue weighted by Gasteiger charge is 2.34. The smallest absolute Gasteiger partial charge is 0.335 e. The van der Waals surface area contributed by atoms with Crippen LogP contribution in [0.2, 0.25) is 0 Å². The molecule has 4 N–H and O–H groups in total. The molecule has 2 amide bonds. The number of nitrogens with zero attached hydrogens (tertiary/aromatic N) is 3. The zero-order valence-corrected chi connectivity index (χ0v) is 19.0. The van der Waals surface area contributed by atoms with Gasteiger partial charge in [0.2, 0.25) is 0 Å². The van der Waals surface area contributed by atoms with Crippen molar-refractivity contribution in [2.24, 2.45) is 0 Å². The average molecular weight is 507 g/mol. The molecule has 2 aromatic carbocycles. The molecule has 188 valence electrons. The van der Waals surface area contributed by atoms with Gasteiger partial charge < -0.3 is 20.8 Å². The standard InChI is InChI=1S/C25H19F2N5O5/c26-15-4-1-12(2-5-15)10-28-23(34)18-9-19(32-22(30-18)17(27)11-29-32)24(35)31-21-16-6-3-13(25(36)37)7-14(16)8-20(21)33/h1-7,9,11,20-21,33H,8,10H2,(H,28,34)(H,31,35)(H,36,37)/t20-,21+/m0/s1. The Hall–Kier alpha value is -4.71. The molecule has 12 heteroatoms. The summed E-state index contributed by atoms with van der Waals surface area (Å²) in [4.78, 5) is 41.2. The summed E-state index contributed by atoms with van der Waals surface area (Å²) in [5.41, 5.74) is 0.976.